The molecule has 0 aliphatic heterocycles. The lowest BCUT2D eigenvalue weighted by Crippen LogP contribution is -2.66. The molecule has 4 heteroatoms. The first-order valence-electron chi connectivity index (χ1n) is 9.17. The molecule has 0 saturated carbocycles. The number of ether oxygens (including phenoxy) is 1. The third kappa shape index (κ3) is 4.50. The fourth-order valence-electron chi connectivity index (χ4n) is 3.54. The predicted octanol–water partition coefficient (Wildman–Crippen LogP) is 3.56. The van der Waals surface area contributed by atoms with Gasteiger partial charge < -0.3 is 14.0 Å². The summed E-state index contributed by atoms with van der Waals surface area (Å²) in [5.41, 5.74) is 0. The highest BCUT2D eigenvalue weighted by Gasteiger charge is 2.50. The van der Waals surface area contributed by atoms with E-state index >= 15 is 0 Å². The van der Waals surface area contributed by atoms with E-state index in [0.717, 1.165) is 6.29 Å². The second-order valence-electron chi connectivity index (χ2n) is 7.56. The minimum atomic E-state index is -2.50. The topological polar surface area (TPSA) is 35.5 Å². The summed E-state index contributed by atoms with van der Waals surface area (Å²) in [6.45, 7) is 7.36. The molecule has 0 saturated heterocycles. The van der Waals surface area contributed by atoms with Crippen LogP contribution in [0.1, 0.15) is 33.6 Å². The fraction of sp³-hybridized carbons (Fsp3) is 0.409. The largest absolute Gasteiger partial charge is 0.407 e. The summed E-state index contributed by atoms with van der Waals surface area (Å²) in [5, 5.41) is 2.49. The van der Waals surface area contributed by atoms with Gasteiger partial charge in [0, 0.05) is 20.1 Å². The van der Waals surface area contributed by atoms with Crippen LogP contribution in [0, 0.1) is 0 Å². The zero-order valence-electron chi connectivity index (χ0n) is 16.3. The van der Waals surface area contributed by atoms with Crippen LogP contribution < -0.4 is 10.4 Å². The smallest absolute Gasteiger partial charge is 0.261 e. The Balaban J connectivity index is 2.42. The lowest BCUT2D eigenvalue weighted by atomic mass is 10.2. The molecular formula is C22H30O3Si. The van der Waals surface area contributed by atoms with Crippen LogP contribution in [0.5, 0.6) is 0 Å². The van der Waals surface area contributed by atoms with Crippen LogP contribution in [0.4, 0.5) is 0 Å². The summed E-state index contributed by atoms with van der Waals surface area (Å²) in [6.07, 6.45) is 1.93. The van der Waals surface area contributed by atoms with Crippen LogP contribution in [0.15, 0.2) is 60.7 Å². The van der Waals surface area contributed by atoms with Gasteiger partial charge >= 0.3 is 0 Å². The van der Waals surface area contributed by atoms with Gasteiger partial charge in [0.15, 0.2) is 0 Å². The molecule has 0 spiro atoms. The molecule has 0 bridgehead atoms. The number of rotatable bonds is 9. The van der Waals surface area contributed by atoms with Crippen molar-refractivity contribution in [3.63, 3.8) is 0 Å². The average molecular weight is 371 g/mol. The number of hydrogen-bond donors (Lipinski definition) is 0. The molecule has 2 rings (SSSR count). The Kier molecular flexibility index (Phi) is 7.32. The maximum Gasteiger partial charge on any atom is 0.261 e. The Morgan fingerprint density at radius 2 is 1.46 bits per heavy atom. The zero-order chi connectivity index (χ0) is 19.0. The lowest BCUT2D eigenvalue weighted by molar-refractivity contribution is -0.110. The summed E-state index contributed by atoms with van der Waals surface area (Å²) in [6, 6.07) is 21.2. The van der Waals surface area contributed by atoms with Crippen molar-refractivity contribution in [2.24, 2.45) is 0 Å². The van der Waals surface area contributed by atoms with E-state index in [1.807, 2.05) is 12.1 Å². The van der Waals surface area contributed by atoms with Crippen molar-refractivity contribution in [2.45, 2.75) is 44.8 Å². The van der Waals surface area contributed by atoms with Crippen molar-refractivity contribution in [1.29, 1.82) is 0 Å². The third-order valence-corrected chi connectivity index (χ3v) is 9.91. The van der Waals surface area contributed by atoms with Crippen molar-refractivity contribution in [2.75, 3.05) is 13.7 Å². The van der Waals surface area contributed by atoms with Crippen molar-refractivity contribution in [3.8, 4) is 0 Å². The van der Waals surface area contributed by atoms with Gasteiger partial charge in [-0.2, -0.15) is 0 Å². The Labute approximate surface area is 158 Å². The first kappa shape index (κ1) is 20.6. The number of carbonyl (C=O) groups excluding carboxylic acids is 1. The summed E-state index contributed by atoms with van der Waals surface area (Å²) >= 11 is 0. The molecule has 0 radical (unpaired) electrons. The quantitative estimate of drug-likeness (QED) is 0.500. The van der Waals surface area contributed by atoms with Crippen LogP contribution in [-0.4, -0.2) is 34.4 Å². The maximum absolute atomic E-state index is 10.8. The van der Waals surface area contributed by atoms with Crippen LogP contribution in [0.3, 0.4) is 0 Å². The third-order valence-electron chi connectivity index (χ3n) is 4.87. The van der Waals surface area contributed by atoms with Gasteiger partial charge in [0.1, 0.15) is 6.29 Å². The molecule has 0 N–H and O–H groups in total. The van der Waals surface area contributed by atoms with Crippen molar-refractivity contribution < 1.29 is 14.0 Å². The Morgan fingerprint density at radius 1 is 0.962 bits per heavy atom. The summed E-state index contributed by atoms with van der Waals surface area (Å²) < 4.78 is 12.2. The molecule has 0 unspecified atom stereocenters. The van der Waals surface area contributed by atoms with Crippen LogP contribution in [0.2, 0.25) is 5.04 Å². The monoisotopic (exact) mass is 370 g/mol. The van der Waals surface area contributed by atoms with Crippen LogP contribution in [0.25, 0.3) is 0 Å². The Hall–Kier alpha value is -1.75. The summed E-state index contributed by atoms with van der Waals surface area (Å²) in [5.74, 6) is 0. The number of carbonyl (C=O) groups is 1. The highest BCUT2D eigenvalue weighted by molar-refractivity contribution is 6.99. The first-order valence-corrected chi connectivity index (χ1v) is 11.1. The predicted molar refractivity (Wildman–Crippen MR) is 110 cm³/mol. The van der Waals surface area contributed by atoms with E-state index in [-0.39, 0.29) is 11.1 Å². The standard InChI is InChI=1S/C22H30O3Si/c1-22(2,3)26(20-11-7-5-8-12-20,21-13-9-6-10-14-21)25-18-16-19(24-4)15-17-23/h5-14,17,19H,15-16,18H2,1-4H3/t19-/m0/s1. The minimum Gasteiger partial charge on any atom is -0.407 e. The van der Waals surface area contributed by atoms with E-state index < -0.39 is 8.32 Å². The van der Waals surface area contributed by atoms with Gasteiger partial charge in [0.2, 0.25) is 0 Å². The van der Waals surface area contributed by atoms with E-state index in [4.69, 9.17) is 9.16 Å². The van der Waals surface area contributed by atoms with Gasteiger partial charge in [-0.1, -0.05) is 81.4 Å². The SMILES string of the molecule is CO[C@@H](CC=O)CCO[Si](c1ccccc1)(c1ccccc1)C(C)(C)C. The molecule has 0 amide bonds. The van der Waals surface area contributed by atoms with Gasteiger partial charge in [-0.25, -0.2) is 0 Å². The van der Waals surface area contributed by atoms with E-state index in [1.165, 1.54) is 10.4 Å². The van der Waals surface area contributed by atoms with Crippen molar-refractivity contribution >= 4 is 25.0 Å². The maximum atomic E-state index is 10.8. The van der Waals surface area contributed by atoms with Crippen LogP contribution >= 0.6 is 0 Å². The molecule has 3 nitrogen and oxygen atoms in total. The molecule has 0 heterocycles. The van der Waals surface area contributed by atoms with E-state index in [9.17, 15) is 4.79 Å². The van der Waals surface area contributed by atoms with Gasteiger partial charge in [0.05, 0.1) is 6.10 Å². The molecule has 0 fully saturated rings. The molecular weight excluding hydrogens is 340 g/mol. The molecule has 1 atom stereocenters. The zero-order valence-corrected chi connectivity index (χ0v) is 17.3. The molecule has 0 aliphatic carbocycles. The first-order chi connectivity index (χ1) is 12.5. The minimum absolute atomic E-state index is 0.0388. The molecule has 0 aromatic heterocycles. The molecule has 2 aromatic rings. The van der Waals surface area contributed by atoms with E-state index in [2.05, 4.69) is 69.3 Å². The van der Waals surface area contributed by atoms with Gasteiger partial charge in [-0.15, -0.1) is 0 Å². The lowest BCUT2D eigenvalue weighted by Gasteiger charge is -2.43. The normalized spacial score (nSPS) is 13.4. The number of methoxy groups -OCH3 is 1. The highest BCUT2D eigenvalue weighted by atomic mass is 28.4. The Bertz CT molecular complexity index is 625. The molecule has 0 aliphatic rings. The highest BCUT2D eigenvalue weighted by Crippen LogP contribution is 2.36. The number of hydrogen-bond acceptors (Lipinski definition) is 3. The second kappa shape index (κ2) is 9.26. The van der Waals surface area contributed by atoms with Crippen LogP contribution in [-0.2, 0) is 14.0 Å². The number of aldehydes is 1. The molecule has 140 valence electrons. The molecule has 2 aromatic carbocycles. The summed E-state index contributed by atoms with van der Waals surface area (Å²) in [4.78, 5) is 10.8. The fourth-order valence-corrected chi connectivity index (χ4v) is 8.12. The van der Waals surface area contributed by atoms with Gasteiger partial charge in [-0.05, 0) is 21.8 Å². The summed E-state index contributed by atoms with van der Waals surface area (Å²) in [7, 11) is -0.846. The van der Waals surface area contributed by atoms with E-state index in [1.54, 1.807) is 7.11 Å². The second-order valence-corrected chi connectivity index (χ2v) is 11.9. The van der Waals surface area contributed by atoms with Gasteiger partial charge in [-0.3, -0.25) is 0 Å². The van der Waals surface area contributed by atoms with Crippen molar-refractivity contribution in [1.82, 2.24) is 0 Å². The average Bonchev–Trinajstić information content (AvgIpc) is 2.65. The van der Waals surface area contributed by atoms with Crippen molar-refractivity contribution in [3.05, 3.63) is 60.7 Å². The van der Waals surface area contributed by atoms with Gasteiger partial charge in [0.25, 0.3) is 8.32 Å². The molecule has 26 heavy (non-hydrogen) atoms. The number of benzene rings is 2. The Morgan fingerprint density at radius 3 is 1.85 bits per heavy atom. The van der Waals surface area contributed by atoms with E-state index in [0.29, 0.717) is 19.4 Å².